The van der Waals surface area contributed by atoms with Crippen molar-refractivity contribution in [2.24, 2.45) is 10.7 Å². The molecule has 2 aliphatic rings. The van der Waals surface area contributed by atoms with Crippen LogP contribution in [0.15, 0.2) is 27.6 Å². The molecule has 0 spiro atoms. The molecule has 1 atom stereocenters. The predicted molar refractivity (Wildman–Crippen MR) is 122 cm³/mol. The molecule has 0 radical (unpaired) electrons. The van der Waals surface area contributed by atoms with Gasteiger partial charge < -0.3 is 15.1 Å². The summed E-state index contributed by atoms with van der Waals surface area (Å²) in [6, 6.07) is 2.96. The van der Waals surface area contributed by atoms with Crippen molar-refractivity contribution in [2.45, 2.75) is 43.9 Å². The van der Waals surface area contributed by atoms with Gasteiger partial charge in [-0.3, -0.25) is 15.3 Å². The van der Waals surface area contributed by atoms with Gasteiger partial charge in [0.25, 0.3) is 5.89 Å². The Kier molecular flexibility index (Phi) is 7.25. The first-order valence-electron chi connectivity index (χ1n) is 11.1. The smallest absolute Gasteiger partial charge is 0.416 e. The number of hydrogen-bond acceptors (Lipinski definition) is 8. The Hall–Kier alpha value is -2.50. The Morgan fingerprint density at radius 2 is 1.97 bits per heavy atom. The van der Waals surface area contributed by atoms with Crippen molar-refractivity contribution in [1.82, 2.24) is 20.0 Å². The van der Waals surface area contributed by atoms with Crippen molar-refractivity contribution in [3.8, 4) is 0 Å². The molecular weight excluding hydrogens is 471 g/mol. The molecule has 4 rings (SSSR count). The molecule has 3 heterocycles. The van der Waals surface area contributed by atoms with Crippen LogP contribution in [0, 0.1) is 5.41 Å². The lowest BCUT2D eigenvalue weighted by molar-refractivity contribution is -0.138. The van der Waals surface area contributed by atoms with Gasteiger partial charge in [-0.25, -0.2) is 0 Å². The Morgan fingerprint density at radius 3 is 2.68 bits per heavy atom. The zero-order valence-corrected chi connectivity index (χ0v) is 19.5. The summed E-state index contributed by atoms with van der Waals surface area (Å²) in [6.45, 7) is 2.60. The third kappa shape index (κ3) is 5.59. The quantitative estimate of drug-likeness (QED) is 0.591. The topological polar surface area (TPSA) is 108 Å². The lowest BCUT2D eigenvalue weighted by Gasteiger charge is -2.34. The molecule has 1 aromatic carbocycles. The minimum Gasteiger partial charge on any atom is -0.419 e. The van der Waals surface area contributed by atoms with E-state index in [1.54, 1.807) is 4.90 Å². The molecule has 184 valence electrons. The highest BCUT2D eigenvalue weighted by Gasteiger charge is 2.35. The van der Waals surface area contributed by atoms with Crippen molar-refractivity contribution >= 4 is 23.1 Å². The molecule has 0 bridgehead atoms. The molecule has 34 heavy (non-hydrogen) atoms. The lowest BCUT2D eigenvalue weighted by atomic mass is 9.97. The number of rotatable bonds is 6. The zero-order chi connectivity index (χ0) is 24.5. The van der Waals surface area contributed by atoms with Gasteiger partial charge in [0, 0.05) is 30.5 Å². The van der Waals surface area contributed by atoms with E-state index in [-0.39, 0.29) is 46.9 Å². The molecule has 1 aromatic heterocycles. The number of benzene rings is 1. The van der Waals surface area contributed by atoms with Gasteiger partial charge in [0.15, 0.2) is 0 Å². The van der Waals surface area contributed by atoms with Crippen molar-refractivity contribution in [2.75, 3.05) is 33.2 Å². The fourth-order valence-corrected chi connectivity index (χ4v) is 4.62. The number of alkyl halides is 3. The maximum absolute atomic E-state index is 13.5. The minimum atomic E-state index is -4.51. The molecule has 1 saturated heterocycles. The van der Waals surface area contributed by atoms with Crippen LogP contribution >= 0.6 is 11.6 Å². The third-order valence-corrected chi connectivity index (χ3v) is 6.61. The van der Waals surface area contributed by atoms with Crippen LogP contribution < -0.4 is 5.73 Å². The highest BCUT2D eigenvalue weighted by atomic mass is 35.5. The molecule has 12 heteroatoms. The summed E-state index contributed by atoms with van der Waals surface area (Å²) in [5, 5.41) is 16.9. The molecule has 3 N–H and O–H groups in total. The highest BCUT2D eigenvalue weighted by molar-refractivity contribution is 6.30. The van der Waals surface area contributed by atoms with E-state index in [2.05, 4.69) is 27.1 Å². The summed E-state index contributed by atoms with van der Waals surface area (Å²) in [5.41, 5.74) is 5.51. The summed E-state index contributed by atoms with van der Waals surface area (Å²) in [5.74, 6) is 1.04. The van der Waals surface area contributed by atoms with Crippen molar-refractivity contribution in [3.05, 3.63) is 46.1 Å². The van der Waals surface area contributed by atoms with Crippen LogP contribution in [0.1, 0.15) is 48.1 Å². The second kappa shape index (κ2) is 10.0. The number of piperidine rings is 1. The van der Waals surface area contributed by atoms with Gasteiger partial charge in [-0.1, -0.05) is 11.6 Å². The van der Waals surface area contributed by atoms with Crippen LogP contribution in [0.5, 0.6) is 0 Å². The van der Waals surface area contributed by atoms with E-state index in [0.29, 0.717) is 19.0 Å². The first kappa shape index (κ1) is 24.6. The first-order valence-corrected chi connectivity index (χ1v) is 11.5. The number of halogens is 4. The number of aliphatic imine (C=N–C) groups is 1. The molecule has 8 nitrogen and oxygen atoms in total. The fourth-order valence-electron chi connectivity index (χ4n) is 4.42. The molecule has 0 saturated carbocycles. The maximum atomic E-state index is 13.5. The maximum Gasteiger partial charge on any atom is 0.416 e. The predicted octanol–water partition coefficient (Wildman–Crippen LogP) is 3.55. The van der Waals surface area contributed by atoms with Gasteiger partial charge in [0.05, 0.1) is 23.9 Å². The summed E-state index contributed by atoms with van der Waals surface area (Å²) in [7, 11) is 2.06. The number of aromatic nitrogens is 2. The number of amidine groups is 1. The second-order valence-electron chi connectivity index (χ2n) is 8.80. The largest absolute Gasteiger partial charge is 0.419 e. The molecule has 0 amide bonds. The van der Waals surface area contributed by atoms with E-state index in [0.717, 1.165) is 32.0 Å². The van der Waals surface area contributed by atoms with E-state index in [1.807, 2.05) is 0 Å². The van der Waals surface area contributed by atoms with E-state index in [1.165, 1.54) is 12.1 Å². The first-order chi connectivity index (χ1) is 16.1. The van der Waals surface area contributed by atoms with E-state index < -0.39 is 17.8 Å². The molecule has 1 unspecified atom stereocenters. The number of hydrogen-bond donors (Lipinski definition) is 2. The molecule has 0 aliphatic carbocycles. The van der Waals surface area contributed by atoms with E-state index in [9.17, 15) is 13.2 Å². The van der Waals surface area contributed by atoms with Crippen molar-refractivity contribution in [1.29, 1.82) is 5.41 Å². The Bertz CT molecular complexity index is 1060. The molecular formula is C22H27ClF3N7O. The number of nitrogens with one attached hydrogen (secondary N) is 1. The van der Waals surface area contributed by atoms with Crippen molar-refractivity contribution in [3.63, 3.8) is 0 Å². The average Bonchev–Trinajstić information content (AvgIpc) is 3.26. The molecule has 2 aromatic rings. The summed E-state index contributed by atoms with van der Waals surface area (Å²) in [6.07, 6.45) is -2.61. The monoisotopic (exact) mass is 497 g/mol. The second-order valence-corrected chi connectivity index (χ2v) is 9.23. The van der Waals surface area contributed by atoms with Gasteiger partial charge in [-0.05, 0) is 56.7 Å². The van der Waals surface area contributed by atoms with Gasteiger partial charge >= 0.3 is 6.18 Å². The summed E-state index contributed by atoms with van der Waals surface area (Å²) < 4.78 is 46.4. The Labute approximate surface area is 200 Å². The van der Waals surface area contributed by atoms with Gasteiger partial charge in [0.2, 0.25) is 5.89 Å². The van der Waals surface area contributed by atoms with Crippen LogP contribution in [0.4, 0.5) is 13.2 Å². The summed E-state index contributed by atoms with van der Waals surface area (Å²) >= 11 is 5.99. The highest BCUT2D eigenvalue weighted by Crippen LogP contribution is 2.34. The van der Waals surface area contributed by atoms with Crippen LogP contribution in [0.3, 0.4) is 0 Å². The van der Waals surface area contributed by atoms with Crippen LogP contribution in [-0.4, -0.2) is 70.8 Å². The van der Waals surface area contributed by atoms with Gasteiger partial charge in [-0.15, -0.1) is 10.2 Å². The average molecular weight is 498 g/mol. The number of nitrogens with two attached hydrogens (primary N) is 1. The SMILES string of the molecule is CN1CCC(c2nnc(C(=N)CC3C(N)=NCCN3Cc3cc(Cl)ccc3C(F)(F)F)o2)CC1. The van der Waals surface area contributed by atoms with Crippen LogP contribution in [0.25, 0.3) is 0 Å². The number of nitrogens with zero attached hydrogens (tertiary/aromatic N) is 5. The number of likely N-dealkylation sites (tertiary alicyclic amines) is 1. The van der Waals surface area contributed by atoms with Gasteiger partial charge in [0.1, 0.15) is 5.84 Å². The standard InChI is InChI=1S/C22H27ClF3N7O/c1-32-7-4-13(5-8-32)20-30-31-21(34-20)17(27)11-18-19(28)29-6-9-33(18)12-14-10-15(23)2-3-16(14)22(24,25)26/h2-3,10,13,18,27H,4-9,11-12H2,1H3,(H2,28,29). The zero-order valence-electron chi connectivity index (χ0n) is 18.8. The third-order valence-electron chi connectivity index (χ3n) is 6.37. The molecule has 1 fully saturated rings. The van der Waals surface area contributed by atoms with E-state index >= 15 is 0 Å². The normalized spacial score (nSPS) is 21.0. The lowest BCUT2D eigenvalue weighted by Crippen LogP contribution is -2.50. The minimum absolute atomic E-state index is 0.0335. The van der Waals surface area contributed by atoms with Crippen LogP contribution in [-0.2, 0) is 12.7 Å². The Morgan fingerprint density at radius 1 is 1.24 bits per heavy atom. The summed E-state index contributed by atoms with van der Waals surface area (Å²) in [4.78, 5) is 8.28. The fraction of sp³-hybridized carbons (Fsp3) is 0.545. The van der Waals surface area contributed by atoms with Crippen LogP contribution in [0.2, 0.25) is 5.02 Å². The van der Waals surface area contributed by atoms with E-state index in [4.69, 9.17) is 27.2 Å². The van der Waals surface area contributed by atoms with Gasteiger partial charge in [-0.2, -0.15) is 13.2 Å². The Balaban J connectivity index is 1.50. The molecule has 2 aliphatic heterocycles. The van der Waals surface area contributed by atoms with Crippen molar-refractivity contribution < 1.29 is 17.6 Å².